The summed E-state index contributed by atoms with van der Waals surface area (Å²) in [5, 5.41) is 7.12. The molecule has 0 aromatic heterocycles. The molecule has 2 aliphatic heterocycles. The summed E-state index contributed by atoms with van der Waals surface area (Å²) in [6, 6.07) is 0. The van der Waals surface area contributed by atoms with Crippen molar-refractivity contribution in [2.75, 3.05) is 38.5 Å². The highest BCUT2D eigenvalue weighted by Crippen LogP contribution is 2.24. The highest BCUT2D eigenvalue weighted by atomic mass is 32.2. The molecule has 0 bridgehead atoms. The van der Waals surface area contributed by atoms with Crippen molar-refractivity contribution in [2.24, 2.45) is 0 Å². The predicted octanol–water partition coefficient (Wildman–Crippen LogP) is 1.07. The topological polar surface area (TPSA) is 44.4 Å². The second-order valence-corrected chi connectivity index (χ2v) is 7.40. The number of hydrogen-bond donors (Lipinski definition) is 2. The predicted molar refractivity (Wildman–Crippen MR) is 81.6 cm³/mol. The van der Waals surface area contributed by atoms with E-state index in [2.05, 4.69) is 15.5 Å². The van der Waals surface area contributed by atoms with E-state index < -0.39 is 0 Å². The highest BCUT2D eigenvalue weighted by molar-refractivity contribution is 7.99. The summed E-state index contributed by atoms with van der Waals surface area (Å²) in [7, 11) is 0. The molecular weight excluding hydrogens is 258 g/mol. The molecule has 110 valence electrons. The average molecular weight is 285 g/mol. The van der Waals surface area contributed by atoms with Crippen LogP contribution in [0.4, 0.5) is 0 Å². The maximum Gasteiger partial charge on any atom is 0.239 e. The van der Waals surface area contributed by atoms with Crippen molar-refractivity contribution in [2.45, 2.75) is 43.9 Å². The molecule has 0 aromatic rings. The Balaban J connectivity index is 1.79. The van der Waals surface area contributed by atoms with Gasteiger partial charge in [-0.3, -0.25) is 9.69 Å². The molecule has 5 heteroatoms. The van der Waals surface area contributed by atoms with Gasteiger partial charge in [-0.15, -0.1) is 0 Å². The zero-order valence-corrected chi connectivity index (χ0v) is 13.0. The molecule has 2 aliphatic rings. The van der Waals surface area contributed by atoms with Crippen molar-refractivity contribution in [3.05, 3.63) is 0 Å². The molecule has 2 saturated heterocycles. The number of piperazine rings is 1. The summed E-state index contributed by atoms with van der Waals surface area (Å²) >= 11 is 2.01. The van der Waals surface area contributed by atoms with E-state index in [1.54, 1.807) is 0 Å². The van der Waals surface area contributed by atoms with Gasteiger partial charge in [0.2, 0.25) is 5.91 Å². The van der Waals surface area contributed by atoms with Crippen molar-refractivity contribution in [3.63, 3.8) is 0 Å². The van der Waals surface area contributed by atoms with Crippen molar-refractivity contribution in [1.82, 2.24) is 15.5 Å². The first kappa shape index (κ1) is 15.1. The van der Waals surface area contributed by atoms with Crippen LogP contribution in [0.1, 0.15) is 33.1 Å². The van der Waals surface area contributed by atoms with Crippen molar-refractivity contribution < 1.29 is 4.79 Å². The summed E-state index contributed by atoms with van der Waals surface area (Å²) in [5.41, 5.74) is -0.387. The van der Waals surface area contributed by atoms with Gasteiger partial charge in [-0.2, -0.15) is 11.8 Å². The van der Waals surface area contributed by atoms with Crippen LogP contribution < -0.4 is 10.6 Å². The molecule has 0 radical (unpaired) electrons. The number of rotatable bonds is 4. The fourth-order valence-electron chi connectivity index (χ4n) is 2.76. The molecule has 2 heterocycles. The molecule has 0 aromatic carbocycles. The van der Waals surface area contributed by atoms with E-state index in [4.69, 9.17) is 0 Å². The van der Waals surface area contributed by atoms with Crippen LogP contribution in [0.3, 0.4) is 0 Å². The quantitative estimate of drug-likeness (QED) is 0.811. The number of nitrogens with zero attached hydrogens (tertiary/aromatic N) is 1. The monoisotopic (exact) mass is 285 g/mol. The van der Waals surface area contributed by atoms with Crippen LogP contribution in [0.5, 0.6) is 0 Å². The van der Waals surface area contributed by atoms with E-state index in [9.17, 15) is 4.79 Å². The highest BCUT2D eigenvalue weighted by Gasteiger charge is 2.35. The van der Waals surface area contributed by atoms with Gasteiger partial charge in [0.05, 0.1) is 5.54 Å². The fourth-order valence-corrected chi connectivity index (χ4v) is 4.00. The van der Waals surface area contributed by atoms with Crippen LogP contribution >= 0.6 is 11.8 Å². The van der Waals surface area contributed by atoms with Gasteiger partial charge >= 0.3 is 0 Å². The number of amides is 1. The maximum atomic E-state index is 12.4. The molecular formula is C14H27N3OS. The molecule has 0 saturated carbocycles. The molecule has 0 spiro atoms. The zero-order valence-electron chi connectivity index (χ0n) is 12.2. The smallest absolute Gasteiger partial charge is 0.239 e. The molecule has 2 rings (SSSR count). The SMILES string of the molecule is CC(C)(C(=O)NCC1CCCCS1)N1CCNCC1. The number of nitrogens with one attached hydrogen (secondary N) is 2. The van der Waals surface area contributed by atoms with Crippen molar-refractivity contribution >= 4 is 17.7 Å². The first-order valence-electron chi connectivity index (χ1n) is 7.46. The van der Waals surface area contributed by atoms with E-state index in [-0.39, 0.29) is 11.4 Å². The Morgan fingerprint density at radius 1 is 1.37 bits per heavy atom. The zero-order chi connectivity index (χ0) is 13.7. The van der Waals surface area contributed by atoms with E-state index in [0.29, 0.717) is 5.25 Å². The molecule has 0 aliphatic carbocycles. The van der Waals surface area contributed by atoms with Gasteiger partial charge in [-0.05, 0) is 32.4 Å². The van der Waals surface area contributed by atoms with Crippen LogP contribution in [-0.4, -0.2) is 60.1 Å². The van der Waals surface area contributed by atoms with Gasteiger partial charge in [0.1, 0.15) is 0 Å². The second kappa shape index (κ2) is 6.95. The number of carbonyl (C=O) groups is 1. The summed E-state index contributed by atoms with van der Waals surface area (Å²) in [5.74, 6) is 1.43. The lowest BCUT2D eigenvalue weighted by atomic mass is 10.0. The minimum atomic E-state index is -0.387. The van der Waals surface area contributed by atoms with E-state index in [1.807, 2.05) is 25.6 Å². The minimum absolute atomic E-state index is 0.181. The van der Waals surface area contributed by atoms with E-state index >= 15 is 0 Å². The molecule has 2 fully saturated rings. The van der Waals surface area contributed by atoms with Crippen LogP contribution in [0.15, 0.2) is 0 Å². The third-order valence-electron chi connectivity index (χ3n) is 4.23. The lowest BCUT2D eigenvalue weighted by Crippen LogP contribution is -2.60. The molecule has 1 amide bonds. The molecule has 1 unspecified atom stereocenters. The Labute approximate surface area is 121 Å². The average Bonchev–Trinajstić information content (AvgIpc) is 2.46. The Bertz CT molecular complexity index is 297. The first-order valence-corrected chi connectivity index (χ1v) is 8.51. The summed E-state index contributed by atoms with van der Waals surface area (Å²) in [6.07, 6.45) is 3.90. The van der Waals surface area contributed by atoms with Crippen molar-refractivity contribution in [3.8, 4) is 0 Å². The molecule has 2 N–H and O–H groups in total. The Kier molecular flexibility index (Phi) is 5.54. The molecule has 1 atom stereocenters. The first-order chi connectivity index (χ1) is 9.10. The third kappa shape index (κ3) is 4.10. The lowest BCUT2D eigenvalue weighted by molar-refractivity contribution is -0.132. The third-order valence-corrected chi connectivity index (χ3v) is 5.63. The normalized spacial score (nSPS) is 26.1. The van der Waals surface area contributed by atoms with Gasteiger partial charge in [0.15, 0.2) is 0 Å². The number of carbonyl (C=O) groups excluding carboxylic acids is 1. The second-order valence-electron chi connectivity index (χ2n) is 5.99. The summed E-state index contributed by atoms with van der Waals surface area (Å²) in [4.78, 5) is 14.7. The van der Waals surface area contributed by atoms with Gasteiger partial charge in [-0.25, -0.2) is 0 Å². The van der Waals surface area contributed by atoms with Crippen molar-refractivity contribution in [1.29, 1.82) is 0 Å². The van der Waals surface area contributed by atoms with Crippen LogP contribution in [0, 0.1) is 0 Å². The van der Waals surface area contributed by atoms with Gasteiger partial charge in [0.25, 0.3) is 0 Å². The van der Waals surface area contributed by atoms with Gasteiger partial charge < -0.3 is 10.6 Å². The minimum Gasteiger partial charge on any atom is -0.353 e. The molecule has 19 heavy (non-hydrogen) atoms. The summed E-state index contributed by atoms with van der Waals surface area (Å²) in [6.45, 7) is 8.80. The number of thioether (sulfide) groups is 1. The standard InChI is InChI=1S/C14H27N3OS/c1-14(2,17-8-6-15-7-9-17)13(18)16-11-12-5-3-4-10-19-12/h12,15H,3-11H2,1-2H3,(H,16,18). The van der Waals surface area contributed by atoms with E-state index in [1.165, 1.54) is 25.0 Å². The molecule has 4 nitrogen and oxygen atoms in total. The lowest BCUT2D eigenvalue weighted by Gasteiger charge is -2.40. The van der Waals surface area contributed by atoms with Gasteiger partial charge in [0, 0.05) is 38.0 Å². The van der Waals surface area contributed by atoms with Crippen LogP contribution in [0.2, 0.25) is 0 Å². The van der Waals surface area contributed by atoms with Crippen LogP contribution in [0.25, 0.3) is 0 Å². The Morgan fingerprint density at radius 2 is 2.11 bits per heavy atom. The Morgan fingerprint density at radius 3 is 2.74 bits per heavy atom. The fraction of sp³-hybridized carbons (Fsp3) is 0.929. The Hall–Kier alpha value is -0.260. The van der Waals surface area contributed by atoms with Gasteiger partial charge in [-0.1, -0.05) is 6.42 Å². The largest absolute Gasteiger partial charge is 0.353 e. The van der Waals surface area contributed by atoms with E-state index in [0.717, 1.165) is 32.7 Å². The number of hydrogen-bond acceptors (Lipinski definition) is 4. The summed E-state index contributed by atoms with van der Waals surface area (Å²) < 4.78 is 0. The van der Waals surface area contributed by atoms with Crippen LogP contribution in [-0.2, 0) is 4.79 Å². The maximum absolute atomic E-state index is 12.4.